The zero-order valence-electron chi connectivity index (χ0n) is 12.8. The molecule has 0 radical (unpaired) electrons. The van der Waals surface area contributed by atoms with Gasteiger partial charge in [-0.3, -0.25) is 9.48 Å². The molecule has 0 bridgehead atoms. The first kappa shape index (κ1) is 15.7. The quantitative estimate of drug-likeness (QED) is 0.797. The minimum Gasteiger partial charge on any atom is -0.468 e. The zero-order valence-corrected chi connectivity index (χ0v) is 12.8. The van der Waals surface area contributed by atoms with Gasteiger partial charge in [-0.2, -0.15) is 5.10 Å². The standard InChI is InChI=1S/C14H25N3O2/c1-9(2)7-13(14(18)19-6)15-8-12-10(3)16-17(5)11(12)4/h9,13,15H,7-8H2,1-6H3. The lowest BCUT2D eigenvalue weighted by Gasteiger charge is -2.18. The Morgan fingerprint density at radius 3 is 2.47 bits per heavy atom. The Kier molecular flexibility index (Phi) is 5.54. The average molecular weight is 267 g/mol. The van der Waals surface area contributed by atoms with E-state index in [0.717, 1.165) is 23.4 Å². The molecule has 0 amide bonds. The predicted molar refractivity (Wildman–Crippen MR) is 74.8 cm³/mol. The van der Waals surface area contributed by atoms with Crippen molar-refractivity contribution in [1.82, 2.24) is 15.1 Å². The molecule has 108 valence electrons. The van der Waals surface area contributed by atoms with Gasteiger partial charge in [0.05, 0.1) is 12.8 Å². The number of carbonyl (C=O) groups is 1. The van der Waals surface area contributed by atoms with Crippen LogP contribution in [0, 0.1) is 19.8 Å². The third kappa shape index (κ3) is 4.06. The summed E-state index contributed by atoms with van der Waals surface area (Å²) < 4.78 is 6.71. The van der Waals surface area contributed by atoms with Crippen LogP contribution in [-0.4, -0.2) is 28.9 Å². The second-order valence-corrected chi connectivity index (χ2v) is 5.36. The molecule has 1 heterocycles. The summed E-state index contributed by atoms with van der Waals surface area (Å²) in [5.74, 6) is 0.237. The normalized spacial score (nSPS) is 12.8. The predicted octanol–water partition coefficient (Wildman–Crippen LogP) is 1.71. The van der Waals surface area contributed by atoms with Crippen molar-refractivity contribution in [1.29, 1.82) is 0 Å². The van der Waals surface area contributed by atoms with Crippen molar-refractivity contribution >= 4 is 5.97 Å². The molecule has 1 atom stereocenters. The fraction of sp³-hybridized carbons (Fsp3) is 0.714. The van der Waals surface area contributed by atoms with Crippen LogP contribution in [0.2, 0.25) is 0 Å². The van der Waals surface area contributed by atoms with Crippen molar-refractivity contribution in [2.24, 2.45) is 13.0 Å². The molecule has 1 unspecified atom stereocenters. The number of esters is 1. The lowest BCUT2D eigenvalue weighted by atomic mass is 10.0. The van der Waals surface area contributed by atoms with E-state index in [2.05, 4.69) is 24.3 Å². The van der Waals surface area contributed by atoms with Gasteiger partial charge in [-0.15, -0.1) is 0 Å². The molecule has 0 aliphatic carbocycles. The van der Waals surface area contributed by atoms with Crippen molar-refractivity contribution in [3.05, 3.63) is 17.0 Å². The molecule has 0 fully saturated rings. The topological polar surface area (TPSA) is 56.1 Å². The Bertz CT molecular complexity index is 438. The van der Waals surface area contributed by atoms with E-state index in [9.17, 15) is 4.79 Å². The van der Waals surface area contributed by atoms with Gasteiger partial charge >= 0.3 is 5.97 Å². The minimum atomic E-state index is -0.260. The molecule has 0 spiro atoms. The number of carbonyl (C=O) groups excluding carboxylic acids is 1. The molecule has 0 aliphatic heterocycles. The number of methoxy groups -OCH3 is 1. The van der Waals surface area contributed by atoms with E-state index in [1.807, 2.05) is 25.6 Å². The summed E-state index contributed by atoms with van der Waals surface area (Å²) in [5, 5.41) is 7.66. The van der Waals surface area contributed by atoms with E-state index >= 15 is 0 Å². The van der Waals surface area contributed by atoms with Gasteiger partial charge in [-0.05, 0) is 26.2 Å². The van der Waals surface area contributed by atoms with E-state index < -0.39 is 0 Å². The van der Waals surface area contributed by atoms with E-state index in [0.29, 0.717) is 12.5 Å². The summed E-state index contributed by atoms with van der Waals surface area (Å²) in [4.78, 5) is 11.7. The highest BCUT2D eigenvalue weighted by Crippen LogP contribution is 2.13. The molecule has 0 aromatic carbocycles. The van der Waals surface area contributed by atoms with Crippen LogP contribution in [-0.2, 0) is 23.1 Å². The highest BCUT2D eigenvalue weighted by atomic mass is 16.5. The Morgan fingerprint density at radius 2 is 2.05 bits per heavy atom. The summed E-state index contributed by atoms with van der Waals surface area (Å²) in [6, 6.07) is -0.260. The molecule has 1 aromatic heterocycles. The van der Waals surface area contributed by atoms with Gasteiger partial charge < -0.3 is 10.1 Å². The number of rotatable bonds is 6. The van der Waals surface area contributed by atoms with Gasteiger partial charge in [0, 0.05) is 24.8 Å². The van der Waals surface area contributed by atoms with Crippen LogP contribution >= 0.6 is 0 Å². The van der Waals surface area contributed by atoms with Crippen molar-refractivity contribution in [3.8, 4) is 0 Å². The number of ether oxygens (including phenoxy) is 1. The second-order valence-electron chi connectivity index (χ2n) is 5.36. The summed E-state index contributed by atoms with van der Waals surface area (Å²) in [5.41, 5.74) is 3.28. The molecule has 1 rings (SSSR count). The molecule has 0 aliphatic rings. The molecule has 0 saturated carbocycles. The number of nitrogens with zero attached hydrogens (tertiary/aromatic N) is 2. The molecule has 19 heavy (non-hydrogen) atoms. The SMILES string of the molecule is COC(=O)C(CC(C)C)NCc1c(C)nn(C)c1C. The van der Waals surface area contributed by atoms with Gasteiger partial charge in [0.15, 0.2) is 0 Å². The van der Waals surface area contributed by atoms with Crippen LogP contribution in [0.1, 0.15) is 37.2 Å². The summed E-state index contributed by atoms with van der Waals surface area (Å²) in [6.07, 6.45) is 0.769. The maximum atomic E-state index is 11.7. The van der Waals surface area contributed by atoms with Gasteiger partial charge in [0.2, 0.25) is 0 Å². The lowest BCUT2D eigenvalue weighted by molar-refractivity contribution is -0.143. The number of aryl methyl sites for hydroxylation is 2. The molecular formula is C14H25N3O2. The van der Waals surface area contributed by atoms with Crippen molar-refractivity contribution < 1.29 is 9.53 Å². The monoisotopic (exact) mass is 267 g/mol. The first-order chi connectivity index (χ1) is 8.86. The molecular weight excluding hydrogens is 242 g/mol. The average Bonchev–Trinajstić information content (AvgIpc) is 2.58. The maximum Gasteiger partial charge on any atom is 0.322 e. The summed E-state index contributed by atoms with van der Waals surface area (Å²) >= 11 is 0. The molecule has 1 aromatic rings. The Morgan fingerprint density at radius 1 is 1.42 bits per heavy atom. The number of nitrogens with one attached hydrogen (secondary N) is 1. The second kappa shape index (κ2) is 6.70. The van der Waals surface area contributed by atoms with Gasteiger partial charge in [0.25, 0.3) is 0 Å². The van der Waals surface area contributed by atoms with Crippen LogP contribution in [0.3, 0.4) is 0 Å². The van der Waals surface area contributed by atoms with Crippen LogP contribution in [0.4, 0.5) is 0 Å². The highest BCUT2D eigenvalue weighted by molar-refractivity contribution is 5.75. The zero-order chi connectivity index (χ0) is 14.6. The number of aromatic nitrogens is 2. The lowest BCUT2D eigenvalue weighted by Crippen LogP contribution is -2.38. The van der Waals surface area contributed by atoms with Gasteiger partial charge in [-0.1, -0.05) is 13.8 Å². The van der Waals surface area contributed by atoms with Gasteiger partial charge in [-0.25, -0.2) is 0 Å². The third-order valence-electron chi connectivity index (χ3n) is 3.38. The molecule has 1 N–H and O–H groups in total. The fourth-order valence-corrected chi connectivity index (χ4v) is 2.18. The Labute approximate surface area is 115 Å². The smallest absolute Gasteiger partial charge is 0.322 e. The summed E-state index contributed by atoms with van der Waals surface area (Å²) in [7, 11) is 3.36. The van der Waals surface area contributed by atoms with Crippen LogP contribution < -0.4 is 5.32 Å². The van der Waals surface area contributed by atoms with Crippen LogP contribution in [0.15, 0.2) is 0 Å². The Hall–Kier alpha value is -1.36. The van der Waals surface area contributed by atoms with Crippen molar-refractivity contribution in [2.75, 3.05) is 7.11 Å². The van der Waals surface area contributed by atoms with E-state index in [4.69, 9.17) is 4.74 Å². The largest absolute Gasteiger partial charge is 0.468 e. The summed E-state index contributed by atoms with van der Waals surface area (Å²) in [6.45, 7) is 8.85. The van der Waals surface area contributed by atoms with E-state index in [-0.39, 0.29) is 12.0 Å². The van der Waals surface area contributed by atoms with Crippen LogP contribution in [0.25, 0.3) is 0 Å². The Balaban J connectivity index is 2.73. The fourth-order valence-electron chi connectivity index (χ4n) is 2.18. The van der Waals surface area contributed by atoms with Gasteiger partial charge in [0.1, 0.15) is 6.04 Å². The molecule has 0 saturated heterocycles. The number of hydrogen-bond acceptors (Lipinski definition) is 4. The van der Waals surface area contributed by atoms with Crippen molar-refractivity contribution in [2.45, 2.75) is 46.7 Å². The first-order valence-corrected chi connectivity index (χ1v) is 6.67. The maximum absolute atomic E-state index is 11.7. The molecule has 5 heteroatoms. The van der Waals surface area contributed by atoms with E-state index in [1.54, 1.807) is 0 Å². The minimum absolute atomic E-state index is 0.201. The molecule has 5 nitrogen and oxygen atoms in total. The third-order valence-corrected chi connectivity index (χ3v) is 3.38. The van der Waals surface area contributed by atoms with E-state index in [1.165, 1.54) is 7.11 Å². The first-order valence-electron chi connectivity index (χ1n) is 6.67. The highest BCUT2D eigenvalue weighted by Gasteiger charge is 2.21. The van der Waals surface area contributed by atoms with Crippen molar-refractivity contribution in [3.63, 3.8) is 0 Å². The number of hydrogen-bond donors (Lipinski definition) is 1. The van der Waals surface area contributed by atoms with Crippen LogP contribution in [0.5, 0.6) is 0 Å².